The Labute approximate surface area is 108 Å². The molecule has 1 heterocycles. The molecule has 1 aliphatic rings. The third-order valence-electron chi connectivity index (χ3n) is 3.20. The summed E-state index contributed by atoms with van der Waals surface area (Å²) in [4.78, 5) is 23.3. The van der Waals surface area contributed by atoms with E-state index in [1.165, 1.54) is 7.11 Å². The fourth-order valence-electron chi connectivity index (χ4n) is 1.77. The van der Waals surface area contributed by atoms with Crippen LogP contribution >= 0.6 is 0 Å². The fourth-order valence-corrected chi connectivity index (χ4v) is 1.77. The van der Waals surface area contributed by atoms with Crippen LogP contribution in [0.25, 0.3) is 0 Å². The summed E-state index contributed by atoms with van der Waals surface area (Å²) in [5, 5.41) is 0. The van der Waals surface area contributed by atoms with Gasteiger partial charge in [0.25, 0.3) is 0 Å². The van der Waals surface area contributed by atoms with Gasteiger partial charge in [0.2, 0.25) is 0 Å². The number of carbonyl (C=O) groups excluding carboxylic acids is 2. The minimum Gasteiger partial charge on any atom is -0.468 e. The van der Waals surface area contributed by atoms with Crippen molar-refractivity contribution in [3.8, 4) is 0 Å². The van der Waals surface area contributed by atoms with E-state index in [1.54, 1.807) is 13.8 Å². The van der Waals surface area contributed by atoms with Gasteiger partial charge < -0.3 is 14.2 Å². The standard InChI is InChI=1S/C13H22O5/c1-13(2,12(15)16-3)11(14)9-17-8-10-6-4-5-7-18-10/h10H,4-9H2,1-3H3. The predicted molar refractivity (Wildman–Crippen MR) is 65.2 cm³/mol. The molecular formula is C13H22O5. The minimum atomic E-state index is -1.15. The Morgan fingerprint density at radius 3 is 2.61 bits per heavy atom. The topological polar surface area (TPSA) is 61.8 Å². The molecule has 104 valence electrons. The molecule has 5 nitrogen and oxygen atoms in total. The van der Waals surface area contributed by atoms with Crippen LogP contribution in [0.3, 0.4) is 0 Å². The Morgan fingerprint density at radius 1 is 1.33 bits per heavy atom. The van der Waals surface area contributed by atoms with Gasteiger partial charge in [-0.1, -0.05) is 0 Å². The molecule has 18 heavy (non-hydrogen) atoms. The molecule has 0 radical (unpaired) electrons. The summed E-state index contributed by atoms with van der Waals surface area (Å²) < 4.78 is 15.4. The van der Waals surface area contributed by atoms with Crippen molar-refractivity contribution in [2.75, 3.05) is 26.9 Å². The van der Waals surface area contributed by atoms with Crippen LogP contribution in [0.4, 0.5) is 0 Å². The zero-order chi connectivity index (χ0) is 13.6. The van der Waals surface area contributed by atoms with Crippen LogP contribution in [-0.2, 0) is 23.8 Å². The molecule has 0 amide bonds. The Kier molecular flexibility index (Phi) is 5.75. The van der Waals surface area contributed by atoms with Gasteiger partial charge in [0.05, 0.1) is 19.8 Å². The molecule has 0 bridgehead atoms. The monoisotopic (exact) mass is 258 g/mol. The number of ether oxygens (including phenoxy) is 3. The molecule has 1 fully saturated rings. The Morgan fingerprint density at radius 2 is 2.06 bits per heavy atom. The van der Waals surface area contributed by atoms with Crippen molar-refractivity contribution < 1.29 is 23.8 Å². The molecule has 1 saturated heterocycles. The summed E-state index contributed by atoms with van der Waals surface area (Å²) in [5.74, 6) is -0.810. The third kappa shape index (κ3) is 4.07. The van der Waals surface area contributed by atoms with E-state index >= 15 is 0 Å². The first-order chi connectivity index (χ1) is 8.48. The zero-order valence-corrected chi connectivity index (χ0v) is 11.4. The number of ketones is 1. The van der Waals surface area contributed by atoms with Crippen LogP contribution in [0.5, 0.6) is 0 Å². The van der Waals surface area contributed by atoms with Gasteiger partial charge in [-0.2, -0.15) is 0 Å². The van der Waals surface area contributed by atoms with Crippen LogP contribution in [0.15, 0.2) is 0 Å². The molecule has 1 atom stereocenters. The molecule has 1 unspecified atom stereocenters. The third-order valence-corrected chi connectivity index (χ3v) is 3.20. The first-order valence-electron chi connectivity index (χ1n) is 6.29. The van der Waals surface area contributed by atoms with Crippen molar-refractivity contribution >= 4 is 11.8 Å². The first-order valence-corrected chi connectivity index (χ1v) is 6.29. The Hall–Kier alpha value is -0.940. The maximum absolute atomic E-state index is 11.8. The molecule has 1 rings (SSSR count). The fraction of sp³-hybridized carbons (Fsp3) is 0.846. The van der Waals surface area contributed by atoms with E-state index in [9.17, 15) is 9.59 Å². The van der Waals surface area contributed by atoms with E-state index in [1.807, 2.05) is 0 Å². The lowest BCUT2D eigenvalue weighted by Crippen LogP contribution is -2.37. The molecule has 5 heteroatoms. The van der Waals surface area contributed by atoms with Crippen LogP contribution in [0.1, 0.15) is 33.1 Å². The highest BCUT2D eigenvalue weighted by molar-refractivity contribution is 6.03. The molecule has 0 aromatic heterocycles. The van der Waals surface area contributed by atoms with Gasteiger partial charge in [-0.25, -0.2) is 0 Å². The van der Waals surface area contributed by atoms with Crippen LogP contribution in [0.2, 0.25) is 0 Å². The average molecular weight is 258 g/mol. The van der Waals surface area contributed by atoms with Gasteiger partial charge in [0, 0.05) is 6.61 Å². The molecule has 0 aromatic rings. The lowest BCUT2D eigenvalue weighted by molar-refractivity contribution is -0.157. The number of carbonyl (C=O) groups is 2. The molecule has 1 aliphatic heterocycles. The van der Waals surface area contributed by atoms with E-state index in [0.29, 0.717) is 6.61 Å². The molecule has 0 aliphatic carbocycles. The summed E-state index contributed by atoms with van der Waals surface area (Å²) in [5.41, 5.74) is -1.15. The molecule has 0 spiro atoms. The first kappa shape index (κ1) is 15.1. The highest BCUT2D eigenvalue weighted by Gasteiger charge is 2.36. The predicted octanol–water partition coefficient (Wildman–Crippen LogP) is 1.34. The summed E-state index contributed by atoms with van der Waals surface area (Å²) in [6.07, 6.45) is 3.27. The van der Waals surface area contributed by atoms with E-state index in [4.69, 9.17) is 9.47 Å². The maximum Gasteiger partial charge on any atom is 0.318 e. The number of Topliss-reactive ketones (excluding diaryl/α,β-unsaturated/α-hetero) is 1. The lowest BCUT2D eigenvalue weighted by atomic mass is 9.88. The Bertz CT molecular complexity index is 292. The molecule has 0 N–H and O–H groups in total. The summed E-state index contributed by atoms with van der Waals surface area (Å²) in [6.45, 7) is 4.17. The van der Waals surface area contributed by atoms with E-state index < -0.39 is 11.4 Å². The smallest absolute Gasteiger partial charge is 0.318 e. The largest absolute Gasteiger partial charge is 0.468 e. The van der Waals surface area contributed by atoms with Crippen LogP contribution in [-0.4, -0.2) is 44.8 Å². The molecule has 0 saturated carbocycles. The summed E-state index contributed by atoms with van der Waals surface area (Å²) in [6, 6.07) is 0. The minimum absolute atomic E-state index is 0.0767. The second kappa shape index (κ2) is 6.85. The van der Waals surface area contributed by atoms with Crippen molar-refractivity contribution in [2.24, 2.45) is 5.41 Å². The summed E-state index contributed by atoms with van der Waals surface area (Å²) >= 11 is 0. The second-order valence-corrected chi connectivity index (χ2v) is 5.04. The van der Waals surface area contributed by atoms with Crippen molar-refractivity contribution in [1.82, 2.24) is 0 Å². The van der Waals surface area contributed by atoms with E-state index in [-0.39, 0.29) is 18.5 Å². The molecular weight excluding hydrogens is 236 g/mol. The quantitative estimate of drug-likeness (QED) is 0.531. The highest BCUT2D eigenvalue weighted by Crippen LogP contribution is 2.19. The van der Waals surface area contributed by atoms with Crippen molar-refractivity contribution in [3.05, 3.63) is 0 Å². The second-order valence-electron chi connectivity index (χ2n) is 5.04. The van der Waals surface area contributed by atoms with Gasteiger partial charge in [0.15, 0.2) is 5.78 Å². The van der Waals surface area contributed by atoms with Crippen LogP contribution < -0.4 is 0 Å². The summed E-state index contributed by atoms with van der Waals surface area (Å²) in [7, 11) is 1.27. The zero-order valence-electron chi connectivity index (χ0n) is 11.4. The number of hydrogen-bond acceptors (Lipinski definition) is 5. The Balaban J connectivity index is 2.29. The average Bonchev–Trinajstić information content (AvgIpc) is 2.38. The van der Waals surface area contributed by atoms with Gasteiger partial charge >= 0.3 is 5.97 Å². The normalized spacial score (nSPS) is 20.5. The maximum atomic E-state index is 11.8. The highest BCUT2D eigenvalue weighted by atomic mass is 16.5. The van der Waals surface area contributed by atoms with Crippen molar-refractivity contribution in [3.63, 3.8) is 0 Å². The lowest BCUT2D eigenvalue weighted by Gasteiger charge is -2.23. The molecule has 0 aromatic carbocycles. The number of hydrogen-bond donors (Lipinski definition) is 0. The van der Waals surface area contributed by atoms with Crippen molar-refractivity contribution in [1.29, 1.82) is 0 Å². The number of esters is 1. The number of methoxy groups -OCH3 is 1. The van der Waals surface area contributed by atoms with Gasteiger partial charge in [0.1, 0.15) is 12.0 Å². The van der Waals surface area contributed by atoms with Crippen molar-refractivity contribution in [2.45, 2.75) is 39.2 Å². The SMILES string of the molecule is COC(=O)C(C)(C)C(=O)COCC1CCCCO1. The van der Waals surface area contributed by atoms with E-state index in [2.05, 4.69) is 4.74 Å². The van der Waals surface area contributed by atoms with Gasteiger partial charge in [-0.05, 0) is 33.1 Å². The van der Waals surface area contributed by atoms with E-state index in [0.717, 1.165) is 25.9 Å². The van der Waals surface area contributed by atoms with Gasteiger partial charge in [-0.15, -0.1) is 0 Å². The van der Waals surface area contributed by atoms with Crippen LogP contribution in [0, 0.1) is 5.41 Å². The number of rotatable bonds is 6. The van der Waals surface area contributed by atoms with Gasteiger partial charge in [-0.3, -0.25) is 9.59 Å².